The number of amides is 1. The Balaban J connectivity index is 1.50. The van der Waals surface area contributed by atoms with E-state index in [1.807, 2.05) is 30.0 Å². The molecule has 1 aliphatic rings. The van der Waals surface area contributed by atoms with Crippen LogP contribution < -0.4 is 5.32 Å². The molecule has 0 unspecified atom stereocenters. The Labute approximate surface area is 169 Å². The number of imidazole rings is 1. The number of benzene rings is 2. The van der Waals surface area contributed by atoms with Gasteiger partial charge in [0.1, 0.15) is 5.82 Å². The molecular formula is C23H25FN4O. The molecule has 0 fully saturated rings. The summed E-state index contributed by atoms with van der Waals surface area (Å²) in [5.41, 5.74) is 3.53. The average molecular weight is 392 g/mol. The van der Waals surface area contributed by atoms with Crippen LogP contribution in [0.3, 0.4) is 0 Å². The molecule has 5 nitrogen and oxygen atoms in total. The van der Waals surface area contributed by atoms with Crippen molar-refractivity contribution in [3.05, 3.63) is 77.5 Å². The van der Waals surface area contributed by atoms with Crippen molar-refractivity contribution in [2.24, 2.45) is 0 Å². The molecule has 0 bridgehead atoms. The summed E-state index contributed by atoms with van der Waals surface area (Å²) in [4.78, 5) is 22.3. The highest BCUT2D eigenvalue weighted by Crippen LogP contribution is 2.23. The minimum atomic E-state index is -0.350. The summed E-state index contributed by atoms with van der Waals surface area (Å²) in [6.45, 7) is 3.33. The zero-order valence-corrected chi connectivity index (χ0v) is 16.5. The molecule has 2 N–H and O–H groups in total. The van der Waals surface area contributed by atoms with Gasteiger partial charge in [-0.15, -0.1) is 0 Å². The van der Waals surface area contributed by atoms with Gasteiger partial charge in [0, 0.05) is 18.8 Å². The normalized spacial score (nSPS) is 16.5. The first kappa shape index (κ1) is 19.2. The highest BCUT2D eigenvalue weighted by Gasteiger charge is 2.26. The van der Waals surface area contributed by atoms with Crippen molar-refractivity contribution in [2.75, 3.05) is 6.54 Å². The summed E-state index contributed by atoms with van der Waals surface area (Å²) in [7, 11) is 0. The highest BCUT2D eigenvalue weighted by molar-refractivity contribution is 5.94. The summed E-state index contributed by atoms with van der Waals surface area (Å²) in [6, 6.07) is 14.6. The number of aromatic amines is 1. The molecule has 1 aromatic heterocycles. The fraction of sp³-hybridized carbons (Fsp3) is 0.304. The number of fused-ring (bicyclic) bond motifs is 1. The SMILES string of the molecule is CCN(C(=O)c1nc2ccc(F)cc2[nH]1)[C@@H]1C=C(NCc2ccccc2)CCC1. The van der Waals surface area contributed by atoms with Crippen LogP contribution in [0.1, 0.15) is 42.4 Å². The molecular weight excluding hydrogens is 367 g/mol. The smallest absolute Gasteiger partial charge is 0.290 e. The fourth-order valence-electron chi connectivity index (χ4n) is 3.85. The predicted octanol–water partition coefficient (Wildman–Crippen LogP) is 4.39. The summed E-state index contributed by atoms with van der Waals surface area (Å²) in [5, 5.41) is 3.51. The lowest BCUT2D eigenvalue weighted by Crippen LogP contribution is -2.41. The van der Waals surface area contributed by atoms with Crippen LogP contribution in [-0.4, -0.2) is 33.4 Å². The van der Waals surface area contributed by atoms with Crippen LogP contribution in [0.4, 0.5) is 4.39 Å². The summed E-state index contributed by atoms with van der Waals surface area (Å²) in [5.74, 6) is -0.253. The predicted molar refractivity (Wildman–Crippen MR) is 112 cm³/mol. The molecule has 29 heavy (non-hydrogen) atoms. The number of halogens is 1. The number of allylic oxidation sites excluding steroid dienone is 1. The fourth-order valence-corrected chi connectivity index (χ4v) is 3.85. The van der Waals surface area contributed by atoms with E-state index in [1.54, 1.807) is 6.07 Å². The van der Waals surface area contributed by atoms with Crippen LogP contribution in [-0.2, 0) is 6.54 Å². The number of H-pyrrole nitrogens is 1. The number of carbonyl (C=O) groups is 1. The zero-order chi connectivity index (χ0) is 20.2. The molecule has 3 aromatic rings. The lowest BCUT2D eigenvalue weighted by atomic mass is 9.98. The van der Waals surface area contributed by atoms with Gasteiger partial charge in [0.2, 0.25) is 0 Å². The van der Waals surface area contributed by atoms with E-state index >= 15 is 0 Å². The van der Waals surface area contributed by atoms with Gasteiger partial charge in [0.05, 0.1) is 17.1 Å². The number of aromatic nitrogens is 2. The minimum absolute atomic E-state index is 0.0180. The zero-order valence-electron chi connectivity index (χ0n) is 16.5. The summed E-state index contributed by atoms with van der Waals surface area (Å²) in [6.07, 6.45) is 5.09. The molecule has 1 atom stereocenters. The van der Waals surface area contributed by atoms with E-state index in [4.69, 9.17) is 0 Å². The molecule has 0 radical (unpaired) electrons. The Morgan fingerprint density at radius 3 is 2.90 bits per heavy atom. The second-order valence-corrected chi connectivity index (χ2v) is 7.33. The van der Waals surface area contributed by atoms with Gasteiger partial charge >= 0.3 is 0 Å². The van der Waals surface area contributed by atoms with Gasteiger partial charge in [-0.1, -0.05) is 30.3 Å². The molecule has 0 saturated carbocycles. The Kier molecular flexibility index (Phi) is 5.60. The van der Waals surface area contributed by atoms with E-state index in [0.717, 1.165) is 25.8 Å². The third-order valence-electron chi connectivity index (χ3n) is 5.35. The van der Waals surface area contributed by atoms with Crippen molar-refractivity contribution in [1.29, 1.82) is 0 Å². The van der Waals surface area contributed by atoms with Gasteiger partial charge in [-0.05, 0) is 56.0 Å². The molecule has 0 spiro atoms. The van der Waals surface area contributed by atoms with Gasteiger partial charge in [-0.3, -0.25) is 4.79 Å². The van der Waals surface area contributed by atoms with E-state index in [0.29, 0.717) is 17.6 Å². The van der Waals surface area contributed by atoms with Crippen LogP contribution in [0, 0.1) is 5.82 Å². The first-order valence-corrected chi connectivity index (χ1v) is 10.1. The second kappa shape index (κ2) is 8.47. The van der Waals surface area contributed by atoms with Crippen molar-refractivity contribution in [3.63, 3.8) is 0 Å². The van der Waals surface area contributed by atoms with Crippen LogP contribution in [0.25, 0.3) is 11.0 Å². The molecule has 150 valence electrons. The first-order chi connectivity index (χ1) is 14.1. The molecule has 0 aliphatic heterocycles. The van der Waals surface area contributed by atoms with Gasteiger partial charge in [-0.2, -0.15) is 0 Å². The van der Waals surface area contributed by atoms with Crippen LogP contribution >= 0.6 is 0 Å². The van der Waals surface area contributed by atoms with E-state index < -0.39 is 0 Å². The standard InChI is InChI=1S/C23H25FN4O/c1-2-28(23(29)22-26-20-12-11-17(24)13-21(20)27-22)19-10-6-9-18(14-19)25-15-16-7-4-3-5-8-16/h3-5,7-8,11-14,19,25H,2,6,9-10,15H2,1H3,(H,26,27)/t19-/m0/s1. The van der Waals surface area contributed by atoms with Gasteiger partial charge in [0.25, 0.3) is 5.91 Å². The van der Waals surface area contributed by atoms with Crippen molar-refractivity contribution in [1.82, 2.24) is 20.2 Å². The summed E-state index contributed by atoms with van der Waals surface area (Å²) < 4.78 is 13.4. The second-order valence-electron chi connectivity index (χ2n) is 7.33. The molecule has 1 heterocycles. The molecule has 1 aliphatic carbocycles. The van der Waals surface area contributed by atoms with Crippen LogP contribution in [0.5, 0.6) is 0 Å². The van der Waals surface area contributed by atoms with E-state index in [9.17, 15) is 9.18 Å². The quantitative estimate of drug-likeness (QED) is 0.654. The minimum Gasteiger partial charge on any atom is -0.384 e. The molecule has 2 aromatic carbocycles. The lowest BCUT2D eigenvalue weighted by molar-refractivity contribution is 0.0700. The maximum absolute atomic E-state index is 13.4. The van der Waals surface area contributed by atoms with Crippen molar-refractivity contribution in [3.8, 4) is 0 Å². The maximum Gasteiger partial charge on any atom is 0.290 e. The monoisotopic (exact) mass is 392 g/mol. The summed E-state index contributed by atoms with van der Waals surface area (Å²) >= 11 is 0. The molecule has 0 saturated heterocycles. The Morgan fingerprint density at radius 1 is 1.28 bits per heavy atom. The molecule has 1 amide bonds. The molecule has 6 heteroatoms. The Bertz CT molecular complexity index is 1030. The number of carbonyl (C=O) groups excluding carboxylic acids is 1. The topological polar surface area (TPSA) is 61.0 Å². The number of hydrogen-bond acceptors (Lipinski definition) is 3. The number of nitrogens with zero attached hydrogens (tertiary/aromatic N) is 2. The number of nitrogens with one attached hydrogen (secondary N) is 2. The van der Waals surface area contributed by atoms with Gasteiger partial charge in [0.15, 0.2) is 5.82 Å². The maximum atomic E-state index is 13.4. The van der Waals surface area contributed by atoms with E-state index in [1.165, 1.54) is 23.4 Å². The number of rotatable bonds is 6. The van der Waals surface area contributed by atoms with Crippen LogP contribution in [0.2, 0.25) is 0 Å². The van der Waals surface area contributed by atoms with Gasteiger partial charge < -0.3 is 15.2 Å². The van der Waals surface area contributed by atoms with E-state index in [-0.39, 0.29) is 23.6 Å². The third kappa shape index (κ3) is 4.31. The van der Waals surface area contributed by atoms with Crippen LogP contribution in [0.15, 0.2) is 60.3 Å². The number of hydrogen-bond donors (Lipinski definition) is 2. The first-order valence-electron chi connectivity index (χ1n) is 10.1. The van der Waals surface area contributed by atoms with Gasteiger partial charge in [-0.25, -0.2) is 9.37 Å². The lowest BCUT2D eigenvalue weighted by Gasteiger charge is -2.32. The third-order valence-corrected chi connectivity index (χ3v) is 5.35. The Morgan fingerprint density at radius 2 is 2.10 bits per heavy atom. The Hall–Kier alpha value is -3.15. The van der Waals surface area contributed by atoms with E-state index in [2.05, 4.69) is 33.5 Å². The average Bonchev–Trinajstić information content (AvgIpc) is 3.17. The van der Waals surface area contributed by atoms with Crippen molar-refractivity contribution < 1.29 is 9.18 Å². The largest absolute Gasteiger partial charge is 0.384 e. The van der Waals surface area contributed by atoms with Crippen molar-refractivity contribution >= 4 is 16.9 Å². The molecule has 4 rings (SSSR count). The highest BCUT2D eigenvalue weighted by atomic mass is 19.1. The number of likely N-dealkylation sites (N-methyl/N-ethyl adjacent to an activating group) is 1. The van der Waals surface area contributed by atoms with Crippen molar-refractivity contribution in [2.45, 2.75) is 38.8 Å².